The van der Waals surface area contributed by atoms with E-state index in [9.17, 15) is 9.59 Å². The Hall–Kier alpha value is -3.88. The van der Waals surface area contributed by atoms with Crippen LogP contribution in [-0.4, -0.2) is 72.4 Å². The van der Waals surface area contributed by atoms with Gasteiger partial charge in [0.25, 0.3) is 0 Å². The van der Waals surface area contributed by atoms with Crippen LogP contribution in [0, 0.1) is 11.8 Å². The molecule has 4 saturated heterocycles. The molecule has 0 radical (unpaired) electrons. The van der Waals surface area contributed by atoms with E-state index in [0.717, 1.165) is 87.4 Å². The van der Waals surface area contributed by atoms with E-state index in [2.05, 4.69) is 15.1 Å². The first kappa shape index (κ1) is 29.2. The van der Waals surface area contributed by atoms with Gasteiger partial charge in [0.05, 0.1) is 18.2 Å². The van der Waals surface area contributed by atoms with Crippen LogP contribution in [0.15, 0.2) is 78.9 Å². The molecule has 1 amide bonds. The number of carboxylic acid groups (broad SMARTS) is 1. The van der Waals surface area contributed by atoms with E-state index in [1.54, 1.807) is 12.1 Å². The summed E-state index contributed by atoms with van der Waals surface area (Å²) in [4.78, 5) is 29.0. The van der Waals surface area contributed by atoms with Crippen LogP contribution in [0.1, 0.15) is 58.8 Å². The molecule has 0 aliphatic carbocycles. The number of carboxylic acids is 1. The summed E-state index contributed by atoms with van der Waals surface area (Å²) in [6, 6.07) is 24.8. The lowest BCUT2D eigenvalue weighted by atomic mass is 9.86. The van der Waals surface area contributed by atoms with Gasteiger partial charge < -0.3 is 19.9 Å². The molecule has 2 atom stereocenters. The molecule has 8 nitrogen and oxygen atoms in total. The smallest absolute Gasteiger partial charge is 0.408 e. The van der Waals surface area contributed by atoms with Crippen molar-refractivity contribution in [1.29, 1.82) is 0 Å². The van der Waals surface area contributed by atoms with Gasteiger partial charge in [0, 0.05) is 13.1 Å². The van der Waals surface area contributed by atoms with Crippen molar-refractivity contribution >= 4 is 12.1 Å². The van der Waals surface area contributed by atoms with Gasteiger partial charge >= 0.3 is 12.1 Å². The van der Waals surface area contributed by atoms with Crippen molar-refractivity contribution < 1.29 is 24.2 Å². The first-order valence-electron chi connectivity index (χ1n) is 15.5. The van der Waals surface area contributed by atoms with Gasteiger partial charge in [-0.3, -0.25) is 9.80 Å². The molecule has 8 heteroatoms. The van der Waals surface area contributed by atoms with Crippen LogP contribution in [0.2, 0.25) is 0 Å². The van der Waals surface area contributed by atoms with Gasteiger partial charge in [0.2, 0.25) is 0 Å². The molecule has 3 aromatic rings. The molecule has 3 aromatic carbocycles. The van der Waals surface area contributed by atoms with Gasteiger partial charge in [0.15, 0.2) is 0 Å². The monoisotopic (exact) mass is 583 g/mol. The number of alkyl carbamates (subject to hydrolysis) is 1. The minimum absolute atomic E-state index is 0.0440. The number of ether oxygens (including phenoxy) is 2. The molecule has 4 heterocycles. The third-order valence-corrected chi connectivity index (χ3v) is 9.24. The zero-order valence-electron chi connectivity index (χ0n) is 24.6. The van der Waals surface area contributed by atoms with Crippen molar-refractivity contribution in [1.82, 2.24) is 15.1 Å². The summed E-state index contributed by atoms with van der Waals surface area (Å²) >= 11 is 0. The third-order valence-electron chi connectivity index (χ3n) is 9.24. The Labute approximate surface area is 253 Å². The van der Waals surface area contributed by atoms with Gasteiger partial charge in [-0.15, -0.1) is 0 Å². The molecule has 0 aromatic heterocycles. The maximum absolute atomic E-state index is 13.1. The zero-order valence-corrected chi connectivity index (χ0v) is 24.6. The number of hydrogen-bond donors (Lipinski definition) is 2. The second-order valence-corrected chi connectivity index (χ2v) is 12.2. The van der Waals surface area contributed by atoms with E-state index >= 15 is 0 Å². The van der Waals surface area contributed by atoms with Crippen LogP contribution >= 0.6 is 0 Å². The number of nitrogens with one attached hydrogen (secondary N) is 1. The molecule has 4 aliphatic heterocycles. The number of rotatable bonds is 10. The highest BCUT2D eigenvalue weighted by Gasteiger charge is 2.37. The second kappa shape index (κ2) is 13.6. The normalized spacial score (nSPS) is 22.9. The van der Waals surface area contributed by atoms with Crippen molar-refractivity contribution in [3.63, 3.8) is 0 Å². The number of carbonyl (C=O) groups excluding carboxylic acids is 1. The molecular weight excluding hydrogens is 542 g/mol. The first-order chi connectivity index (χ1) is 21.0. The molecular formula is C35H41N3O5. The summed E-state index contributed by atoms with van der Waals surface area (Å²) in [7, 11) is 0. The van der Waals surface area contributed by atoms with Gasteiger partial charge in [0.1, 0.15) is 11.9 Å². The SMILES string of the molecule is O=C(NC(c1ccccc1)c1cccc(OCC2CCN(Cc3ccc(C(=O)O)cc3)CC2)c1)OC1CN2CCC1CC2. The number of fused-ring (bicyclic) bond motifs is 3. The molecule has 4 aliphatic rings. The van der Waals surface area contributed by atoms with Crippen molar-refractivity contribution in [2.24, 2.45) is 11.8 Å². The summed E-state index contributed by atoms with van der Waals surface area (Å²) in [5.74, 6) is 0.827. The number of amides is 1. The summed E-state index contributed by atoms with van der Waals surface area (Å²) in [5.41, 5.74) is 3.40. The van der Waals surface area contributed by atoms with Crippen molar-refractivity contribution in [2.45, 2.75) is 44.4 Å². The topological polar surface area (TPSA) is 91.3 Å². The fraction of sp³-hybridized carbons (Fsp3) is 0.429. The number of benzene rings is 3. The predicted octanol–water partition coefficient (Wildman–Crippen LogP) is 5.59. The van der Waals surface area contributed by atoms with E-state index in [1.807, 2.05) is 66.7 Å². The van der Waals surface area contributed by atoms with Gasteiger partial charge in [-0.1, -0.05) is 54.6 Å². The molecule has 0 spiro atoms. The Morgan fingerprint density at radius 2 is 1.58 bits per heavy atom. The molecule has 0 saturated carbocycles. The van der Waals surface area contributed by atoms with Crippen LogP contribution in [0.3, 0.4) is 0 Å². The standard InChI is InChI=1S/C35H41N3O5/c39-34(40)29-11-9-25(10-12-29)22-37-17-13-26(14-18-37)24-42-31-8-4-7-30(21-31)33(28-5-2-1-3-6-28)36-35(41)43-32-23-38-19-15-27(32)16-20-38/h1-12,21,26-27,32-33H,13-20,22-24H2,(H,36,41)(H,39,40). The highest BCUT2D eigenvalue weighted by Crippen LogP contribution is 2.31. The Morgan fingerprint density at radius 3 is 2.26 bits per heavy atom. The van der Waals surface area contributed by atoms with E-state index in [-0.39, 0.29) is 18.2 Å². The first-order valence-corrected chi connectivity index (χ1v) is 15.5. The Kier molecular flexibility index (Phi) is 9.24. The van der Waals surface area contributed by atoms with Crippen LogP contribution < -0.4 is 10.1 Å². The summed E-state index contributed by atoms with van der Waals surface area (Å²) in [6.45, 7) is 6.48. The highest BCUT2D eigenvalue weighted by atomic mass is 16.6. The fourth-order valence-electron chi connectivity index (χ4n) is 6.66. The number of carbonyl (C=O) groups is 2. The Bertz CT molecular complexity index is 1370. The van der Waals surface area contributed by atoms with Gasteiger partial charge in [-0.2, -0.15) is 0 Å². The minimum Gasteiger partial charge on any atom is -0.493 e. The summed E-state index contributed by atoms with van der Waals surface area (Å²) in [6.07, 6.45) is 3.88. The van der Waals surface area contributed by atoms with Crippen molar-refractivity contribution in [3.8, 4) is 5.75 Å². The van der Waals surface area contributed by atoms with Gasteiger partial charge in [-0.05, 0) is 105 Å². The third kappa shape index (κ3) is 7.56. The number of piperidine rings is 4. The molecule has 2 bridgehead atoms. The number of hydrogen-bond acceptors (Lipinski definition) is 6. The Morgan fingerprint density at radius 1 is 0.860 bits per heavy atom. The molecule has 226 valence electrons. The largest absolute Gasteiger partial charge is 0.493 e. The summed E-state index contributed by atoms with van der Waals surface area (Å²) in [5, 5.41) is 12.3. The average Bonchev–Trinajstić information content (AvgIpc) is 3.05. The minimum atomic E-state index is -0.896. The van der Waals surface area contributed by atoms with E-state index in [0.29, 0.717) is 24.0 Å². The number of likely N-dealkylation sites (tertiary alicyclic amines) is 1. The van der Waals surface area contributed by atoms with E-state index < -0.39 is 5.97 Å². The predicted molar refractivity (Wildman–Crippen MR) is 164 cm³/mol. The quantitative estimate of drug-likeness (QED) is 0.322. The molecule has 7 rings (SSSR count). The summed E-state index contributed by atoms with van der Waals surface area (Å²) < 4.78 is 12.3. The van der Waals surface area contributed by atoms with E-state index in [4.69, 9.17) is 14.6 Å². The molecule has 2 N–H and O–H groups in total. The number of nitrogens with zero attached hydrogens (tertiary/aromatic N) is 2. The lowest BCUT2D eigenvalue weighted by Crippen LogP contribution is -2.52. The molecule has 43 heavy (non-hydrogen) atoms. The molecule has 2 unspecified atom stereocenters. The highest BCUT2D eigenvalue weighted by molar-refractivity contribution is 5.87. The Balaban J connectivity index is 1.03. The maximum atomic E-state index is 13.1. The van der Waals surface area contributed by atoms with Crippen LogP contribution in [0.25, 0.3) is 0 Å². The van der Waals surface area contributed by atoms with Crippen LogP contribution in [0.5, 0.6) is 5.75 Å². The lowest BCUT2D eigenvalue weighted by molar-refractivity contribution is -0.0336. The van der Waals surface area contributed by atoms with Gasteiger partial charge in [-0.25, -0.2) is 9.59 Å². The number of aromatic carboxylic acids is 1. The second-order valence-electron chi connectivity index (χ2n) is 12.2. The maximum Gasteiger partial charge on any atom is 0.408 e. The average molecular weight is 584 g/mol. The zero-order chi connectivity index (χ0) is 29.6. The fourth-order valence-corrected chi connectivity index (χ4v) is 6.66. The van der Waals surface area contributed by atoms with Crippen molar-refractivity contribution in [2.75, 3.05) is 39.3 Å². The van der Waals surface area contributed by atoms with Crippen LogP contribution in [-0.2, 0) is 11.3 Å². The van der Waals surface area contributed by atoms with Crippen LogP contribution in [0.4, 0.5) is 4.79 Å². The molecule has 4 fully saturated rings. The van der Waals surface area contributed by atoms with Crippen molar-refractivity contribution in [3.05, 3.63) is 101 Å². The lowest BCUT2D eigenvalue weighted by Gasteiger charge is -2.43. The van der Waals surface area contributed by atoms with E-state index in [1.165, 1.54) is 0 Å².